The maximum atomic E-state index is 12.9. The van der Waals surface area contributed by atoms with Crippen molar-refractivity contribution in [3.05, 3.63) is 77.9 Å². The van der Waals surface area contributed by atoms with Gasteiger partial charge in [-0.05, 0) is 41.5 Å². The number of para-hydroxylation sites is 2. The summed E-state index contributed by atoms with van der Waals surface area (Å²) in [7, 11) is -1.90. The molecular weight excluding hydrogens is 346 g/mol. The van der Waals surface area contributed by atoms with E-state index >= 15 is 0 Å². The second kappa shape index (κ2) is 6.35. The first-order valence-electron chi connectivity index (χ1n) is 8.16. The van der Waals surface area contributed by atoms with Crippen LogP contribution < -0.4 is 10.1 Å². The average Bonchev–Trinajstić information content (AvgIpc) is 2.67. The molecule has 0 aliphatic carbocycles. The van der Waals surface area contributed by atoms with Crippen molar-refractivity contribution in [2.45, 2.75) is 9.79 Å². The minimum Gasteiger partial charge on any atom is -0.497 e. The maximum Gasteiger partial charge on any atom is 0.210 e. The van der Waals surface area contributed by atoms with Gasteiger partial charge in [0.25, 0.3) is 0 Å². The van der Waals surface area contributed by atoms with E-state index in [0.29, 0.717) is 21.2 Å². The van der Waals surface area contributed by atoms with Gasteiger partial charge in [0, 0.05) is 0 Å². The minimum absolute atomic E-state index is 0.299. The van der Waals surface area contributed by atoms with E-state index in [2.05, 4.69) is 5.32 Å². The van der Waals surface area contributed by atoms with E-state index < -0.39 is 9.84 Å². The van der Waals surface area contributed by atoms with Crippen LogP contribution in [0.25, 0.3) is 12.2 Å². The number of ether oxygens (including phenoxy) is 1. The standard InChI is InChI=1S/C21H17NO3S/c1-25-17-13-10-15(11-14-17)9-12-16-5-4-8-20-21(16)22-18-6-2-3-7-19(18)26(20,23)24/h2-14,22H,1H3/b12-9+. The molecule has 3 aromatic rings. The molecule has 4 rings (SSSR count). The molecule has 4 nitrogen and oxygen atoms in total. The van der Waals surface area contributed by atoms with Crippen LogP contribution in [0.4, 0.5) is 11.4 Å². The van der Waals surface area contributed by atoms with Gasteiger partial charge in [-0.15, -0.1) is 0 Å². The fourth-order valence-corrected chi connectivity index (χ4v) is 4.60. The molecule has 1 aliphatic heterocycles. The van der Waals surface area contributed by atoms with Gasteiger partial charge in [0.2, 0.25) is 9.84 Å². The van der Waals surface area contributed by atoms with Crippen molar-refractivity contribution in [3.63, 3.8) is 0 Å². The second-order valence-corrected chi connectivity index (χ2v) is 7.84. The fraction of sp³-hybridized carbons (Fsp3) is 0.0476. The van der Waals surface area contributed by atoms with Gasteiger partial charge in [0.05, 0.1) is 28.3 Å². The smallest absolute Gasteiger partial charge is 0.210 e. The van der Waals surface area contributed by atoms with Crippen LogP contribution >= 0.6 is 0 Å². The third-order valence-corrected chi connectivity index (χ3v) is 6.21. The molecule has 0 radical (unpaired) electrons. The summed E-state index contributed by atoms with van der Waals surface area (Å²) in [6.07, 6.45) is 3.86. The molecular formula is C21H17NO3S. The summed E-state index contributed by atoms with van der Waals surface area (Å²) in [6, 6.07) is 19.9. The number of methoxy groups -OCH3 is 1. The van der Waals surface area contributed by atoms with Crippen molar-refractivity contribution in [3.8, 4) is 5.75 Å². The van der Waals surface area contributed by atoms with Crippen molar-refractivity contribution in [2.24, 2.45) is 0 Å². The molecule has 1 aliphatic rings. The van der Waals surface area contributed by atoms with E-state index in [0.717, 1.165) is 16.9 Å². The van der Waals surface area contributed by atoms with Crippen LogP contribution in [-0.2, 0) is 9.84 Å². The van der Waals surface area contributed by atoms with Crippen LogP contribution in [0.3, 0.4) is 0 Å². The second-order valence-electron chi connectivity index (χ2n) is 5.95. The van der Waals surface area contributed by atoms with Gasteiger partial charge >= 0.3 is 0 Å². The van der Waals surface area contributed by atoms with Gasteiger partial charge in [0.1, 0.15) is 5.75 Å². The lowest BCUT2D eigenvalue weighted by Crippen LogP contribution is -2.14. The summed E-state index contributed by atoms with van der Waals surface area (Å²) in [4.78, 5) is 0.608. The number of nitrogens with one attached hydrogen (secondary N) is 1. The zero-order chi connectivity index (χ0) is 18.1. The Morgan fingerprint density at radius 2 is 1.58 bits per heavy atom. The predicted molar refractivity (Wildman–Crippen MR) is 104 cm³/mol. The van der Waals surface area contributed by atoms with Gasteiger partial charge in [-0.1, -0.05) is 48.6 Å². The molecule has 0 spiro atoms. The molecule has 0 bridgehead atoms. The molecule has 0 unspecified atom stereocenters. The summed E-state index contributed by atoms with van der Waals surface area (Å²) in [5, 5.41) is 3.27. The number of sulfone groups is 1. The lowest BCUT2D eigenvalue weighted by Gasteiger charge is -2.23. The van der Waals surface area contributed by atoms with Gasteiger partial charge in [-0.2, -0.15) is 0 Å². The van der Waals surface area contributed by atoms with Crippen molar-refractivity contribution in [1.29, 1.82) is 0 Å². The van der Waals surface area contributed by atoms with Crippen LogP contribution in [0.1, 0.15) is 11.1 Å². The van der Waals surface area contributed by atoms with Crippen LogP contribution in [0.2, 0.25) is 0 Å². The Hall–Kier alpha value is -3.05. The number of hydrogen-bond acceptors (Lipinski definition) is 4. The highest BCUT2D eigenvalue weighted by atomic mass is 32.2. The maximum absolute atomic E-state index is 12.9. The third kappa shape index (κ3) is 2.76. The van der Waals surface area contributed by atoms with E-state index in [-0.39, 0.29) is 0 Å². The molecule has 0 aromatic heterocycles. The van der Waals surface area contributed by atoms with Crippen molar-refractivity contribution in [2.75, 3.05) is 12.4 Å². The van der Waals surface area contributed by atoms with E-state index in [4.69, 9.17) is 4.74 Å². The van der Waals surface area contributed by atoms with Crippen LogP contribution in [0, 0.1) is 0 Å². The molecule has 3 aromatic carbocycles. The number of hydrogen-bond donors (Lipinski definition) is 1. The molecule has 0 atom stereocenters. The first-order chi connectivity index (χ1) is 12.6. The Labute approximate surface area is 152 Å². The quantitative estimate of drug-likeness (QED) is 0.534. The average molecular weight is 363 g/mol. The summed E-state index contributed by atoms with van der Waals surface area (Å²) >= 11 is 0. The Bertz CT molecular complexity index is 1100. The van der Waals surface area contributed by atoms with Crippen LogP contribution in [-0.4, -0.2) is 15.5 Å². The normalized spacial score (nSPS) is 14.3. The van der Waals surface area contributed by atoms with E-state index in [1.807, 2.05) is 48.6 Å². The van der Waals surface area contributed by atoms with Crippen molar-refractivity contribution < 1.29 is 13.2 Å². The summed E-state index contributed by atoms with van der Waals surface area (Å²) < 4.78 is 31.0. The number of anilines is 2. The highest BCUT2D eigenvalue weighted by Crippen LogP contribution is 2.41. The van der Waals surface area contributed by atoms with Gasteiger partial charge in [-0.3, -0.25) is 0 Å². The fourth-order valence-electron chi connectivity index (χ4n) is 3.00. The van der Waals surface area contributed by atoms with Crippen molar-refractivity contribution in [1.82, 2.24) is 0 Å². The molecule has 26 heavy (non-hydrogen) atoms. The first-order valence-corrected chi connectivity index (χ1v) is 9.64. The third-order valence-electron chi connectivity index (χ3n) is 4.36. The highest BCUT2D eigenvalue weighted by Gasteiger charge is 2.29. The van der Waals surface area contributed by atoms with Gasteiger partial charge in [0.15, 0.2) is 0 Å². The lowest BCUT2D eigenvalue weighted by atomic mass is 10.1. The first kappa shape index (κ1) is 16.4. The number of fused-ring (bicyclic) bond motifs is 2. The highest BCUT2D eigenvalue weighted by molar-refractivity contribution is 7.92. The lowest BCUT2D eigenvalue weighted by molar-refractivity contribution is 0.415. The van der Waals surface area contributed by atoms with E-state index in [9.17, 15) is 8.42 Å². The molecule has 5 heteroatoms. The topological polar surface area (TPSA) is 55.4 Å². The SMILES string of the molecule is COc1ccc(/C=C/c2cccc3c2Nc2ccccc2S3(=O)=O)cc1. The Morgan fingerprint density at radius 1 is 0.846 bits per heavy atom. The minimum atomic E-state index is -3.53. The van der Waals surface area contributed by atoms with Gasteiger partial charge in [-0.25, -0.2) is 8.42 Å². The Balaban J connectivity index is 1.76. The zero-order valence-electron chi connectivity index (χ0n) is 14.1. The molecule has 0 amide bonds. The summed E-state index contributed by atoms with van der Waals surface area (Å²) in [5.41, 5.74) is 3.03. The van der Waals surface area contributed by atoms with Crippen molar-refractivity contribution >= 4 is 33.4 Å². The van der Waals surface area contributed by atoms with E-state index in [1.54, 1.807) is 37.4 Å². The Morgan fingerprint density at radius 3 is 2.35 bits per heavy atom. The number of rotatable bonds is 3. The Kier molecular flexibility index (Phi) is 4.01. The zero-order valence-corrected chi connectivity index (χ0v) is 15.0. The molecule has 1 N–H and O–H groups in total. The molecule has 1 heterocycles. The largest absolute Gasteiger partial charge is 0.497 e. The van der Waals surface area contributed by atoms with E-state index in [1.165, 1.54) is 0 Å². The molecule has 0 saturated heterocycles. The number of benzene rings is 3. The monoisotopic (exact) mass is 363 g/mol. The van der Waals surface area contributed by atoms with Crippen LogP contribution in [0.15, 0.2) is 76.5 Å². The predicted octanol–water partition coefficient (Wildman–Crippen LogP) is 4.76. The summed E-state index contributed by atoms with van der Waals surface area (Å²) in [5.74, 6) is 0.795. The van der Waals surface area contributed by atoms with Gasteiger partial charge < -0.3 is 10.1 Å². The molecule has 0 saturated carbocycles. The van der Waals surface area contributed by atoms with Crippen LogP contribution in [0.5, 0.6) is 5.75 Å². The molecule has 0 fully saturated rings. The molecule has 130 valence electrons. The summed E-state index contributed by atoms with van der Waals surface area (Å²) in [6.45, 7) is 0.